The van der Waals surface area contributed by atoms with Gasteiger partial charge in [0.2, 0.25) is 0 Å². The Morgan fingerprint density at radius 2 is 1.60 bits per heavy atom. The predicted octanol–water partition coefficient (Wildman–Crippen LogP) is 7.20. The Hall–Kier alpha value is -2.13. The van der Waals surface area contributed by atoms with Crippen molar-refractivity contribution in [1.82, 2.24) is 5.32 Å². The lowest BCUT2D eigenvalue weighted by atomic mass is 9.75. The third-order valence-corrected chi connectivity index (χ3v) is 9.21. The first kappa shape index (κ1) is 25.9. The van der Waals surface area contributed by atoms with Crippen molar-refractivity contribution in [3.05, 3.63) is 34.7 Å². The van der Waals surface area contributed by atoms with Gasteiger partial charge in [-0.2, -0.15) is 5.26 Å². The molecular weight excluding hydrogens is 450 g/mol. The van der Waals surface area contributed by atoms with Gasteiger partial charge in [-0.1, -0.05) is 67.2 Å². The van der Waals surface area contributed by atoms with Gasteiger partial charge in [0.25, 0.3) is 0 Å². The van der Waals surface area contributed by atoms with Crippen LogP contribution in [0.1, 0.15) is 88.0 Å². The molecule has 4 rings (SSSR count). The van der Waals surface area contributed by atoms with Crippen LogP contribution in [-0.2, 0) is 0 Å². The first-order chi connectivity index (χ1) is 16.1. The summed E-state index contributed by atoms with van der Waals surface area (Å²) in [6, 6.07) is 2.42. The molecule has 6 heteroatoms. The van der Waals surface area contributed by atoms with E-state index in [4.69, 9.17) is 15.0 Å². The summed E-state index contributed by atoms with van der Waals surface area (Å²) in [6.45, 7) is 20.8. The molecule has 35 heavy (non-hydrogen) atoms. The van der Waals surface area contributed by atoms with Crippen molar-refractivity contribution >= 4 is 28.2 Å². The molecule has 1 unspecified atom stereocenters. The standard InChI is InChI=1S/C29H41N5S/c1-25(2)10-11-31-21(25)12-19-14-26(3,4)22(32-19)13-20-15-27(5,6)23(33-20)17-35-24-16-28(7,8)29(9,18-30)34-24/h12-13,17,33H,10-11,14-16H2,1-9H3/b19-12-,20-13-,23-17-. The van der Waals surface area contributed by atoms with E-state index < -0.39 is 5.54 Å². The smallest absolute Gasteiger partial charge is 0.150 e. The van der Waals surface area contributed by atoms with E-state index in [1.54, 1.807) is 11.8 Å². The van der Waals surface area contributed by atoms with Crippen molar-refractivity contribution in [2.45, 2.75) is 93.5 Å². The average molecular weight is 492 g/mol. The van der Waals surface area contributed by atoms with E-state index in [-0.39, 0.29) is 21.7 Å². The molecule has 0 bridgehead atoms. The summed E-state index contributed by atoms with van der Waals surface area (Å²) in [5.41, 5.74) is 5.23. The molecule has 4 heterocycles. The molecule has 0 aromatic carbocycles. The topological polar surface area (TPSA) is 72.9 Å². The van der Waals surface area contributed by atoms with Crippen molar-refractivity contribution in [2.24, 2.45) is 36.6 Å². The van der Waals surface area contributed by atoms with E-state index in [1.165, 1.54) is 17.1 Å². The summed E-state index contributed by atoms with van der Waals surface area (Å²) in [4.78, 5) is 14.6. The maximum Gasteiger partial charge on any atom is 0.150 e. The van der Waals surface area contributed by atoms with E-state index >= 15 is 0 Å². The fourth-order valence-electron chi connectivity index (χ4n) is 5.16. The quantitative estimate of drug-likeness (QED) is 0.453. The molecule has 0 aromatic heterocycles. The summed E-state index contributed by atoms with van der Waals surface area (Å²) >= 11 is 1.66. The number of nitriles is 1. The number of hydrogen-bond donors (Lipinski definition) is 1. The van der Waals surface area contributed by atoms with Gasteiger partial charge in [-0.3, -0.25) is 15.0 Å². The number of thioether (sulfide) groups is 1. The number of nitrogens with one attached hydrogen (secondary N) is 1. The van der Waals surface area contributed by atoms with E-state index in [2.05, 4.69) is 84.3 Å². The Morgan fingerprint density at radius 3 is 2.20 bits per heavy atom. The second-order valence-corrected chi connectivity index (χ2v) is 14.3. The van der Waals surface area contributed by atoms with Crippen molar-refractivity contribution in [1.29, 1.82) is 5.26 Å². The largest absolute Gasteiger partial charge is 0.361 e. The zero-order valence-electron chi connectivity index (χ0n) is 23.0. The Bertz CT molecular complexity index is 1150. The monoisotopic (exact) mass is 491 g/mol. The fourth-order valence-corrected chi connectivity index (χ4v) is 6.47. The van der Waals surface area contributed by atoms with Crippen LogP contribution >= 0.6 is 11.8 Å². The molecule has 1 N–H and O–H groups in total. The van der Waals surface area contributed by atoms with E-state index in [1.807, 2.05) is 6.92 Å². The summed E-state index contributed by atoms with van der Waals surface area (Å²) < 4.78 is 0. The summed E-state index contributed by atoms with van der Waals surface area (Å²) in [6.07, 6.45) is 8.32. The van der Waals surface area contributed by atoms with Gasteiger partial charge in [0.15, 0.2) is 0 Å². The maximum atomic E-state index is 9.65. The molecule has 1 atom stereocenters. The van der Waals surface area contributed by atoms with Crippen molar-refractivity contribution in [3.8, 4) is 6.07 Å². The number of hydrogen-bond acceptors (Lipinski definition) is 6. The molecule has 0 aromatic rings. The van der Waals surface area contributed by atoms with E-state index in [0.717, 1.165) is 48.7 Å². The minimum atomic E-state index is -0.659. The highest BCUT2D eigenvalue weighted by molar-refractivity contribution is 8.16. The second kappa shape index (κ2) is 8.47. The third-order valence-electron chi connectivity index (χ3n) is 8.35. The van der Waals surface area contributed by atoms with Crippen LogP contribution in [0, 0.1) is 33.0 Å². The highest BCUT2D eigenvalue weighted by Gasteiger charge is 2.47. The lowest BCUT2D eigenvalue weighted by molar-refractivity contribution is 0.277. The summed E-state index contributed by atoms with van der Waals surface area (Å²) in [7, 11) is 0. The second-order valence-electron chi connectivity index (χ2n) is 13.3. The molecule has 1 saturated heterocycles. The van der Waals surface area contributed by atoms with Crippen molar-refractivity contribution in [2.75, 3.05) is 6.54 Å². The molecule has 0 aliphatic carbocycles. The molecule has 0 spiro atoms. The van der Waals surface area contributed by atoms with E-state index in [0.29, 0.717) is 0 Å². The SMILES string of the molecule is CC1(C)CCN=C1/C=C1/CC(C)(C)C(/C=C2/CC(C)(C)/C(=C/SC3=NC(C)(C#N)C(C)(C)C3)N2)=N1. The first-order valence-corrected chi connectivity index (χ1v) is 13.6. The number of nitrogens with zero attached hydrogens (tertiary/aromatic N) is 4. The minimum absolute atomic E-state index is 0.00109. The molecule has 188 valence electrons. The van der Waals surface area contributed by atoms with Crippen LogP contribution < -0.4 is 5.32 Å². The maximum absolute atomic E-state index is 9.65. The van der Waals surface area contributed by atoms with Crippen LogP contribution in [-0.4, -0.2) is 28.6 Å². The van der Waals surface area contributed by atoms with Crippen LogP contribution in [0.4, 0.5) is 0 Å². The number of rotatable bonds is 3. The molecule has 4 aliphatic rings. The zero-order chi connectivity index (χ0) is 25.9. The molecule has 0 radical (unpaired) electrons. The van der Waals surface area contributed by atoms with Crippen LogP contribution in [0.5, 0.6) is 0 Å². The number of aliphatic imine (C=N–C) groups is 3. The van der Waals surface area contributed by atoms with E-state index in [9.17, 15) is 5.26 Å². The van der Waals surface area contributed by atoms with Crippen molar-refractivity contribution < 1.29 is 0 Å². The molecule has 0 amide bonds. The lowest BCUT2D eigenvalue weighted by Gasteiger charge is -2.29. The molecule has 0 saturated carbocycles. The fraction of sp³-hybridized carbons (Fsp3) is 0.655. The summed E-state index contributed by atoms with van der Waals surface area (Å²) in [5.74, 6) is 0. The number of allylic oxidation sites excluding steroid dienone is 5. The van der Waals surface area contributed by atoms with Gasteiger partial charge in [-0.05, 0) is 37.3 Å². The Kier molecular flexibility index (Phi) is 6.28. The molecule has 5 nitrogen and oxygen atoms in total. The van der Waals surface area contributed by atoms with Crippen molar-refractivity contribution in [3.63, 3.8) is 0 Å². The van der Waals surface area contributed by atoms with Gasteiger partial charge in [-0.25, -0.2) is 0 Å². The normalized spacial score (nSPS) is 33.6. The Labute approximate surface area is 216 Å². The van der Waals surface area contributed by atoms with Gasteiger partial charge >= 0.3 is 0 Å². The molecule has 4 aliphatic heterocycles. The summed E-state index contributed by atoms with van der Waals surface area (Å²) in [5, 5.41) is 16.6. The van der Waals surface area contributed by atoms with Crippen LogP contribution in [0.3, 0.4) is 0 Å². The molecule has 1 fully saturated rings. The highest BCUT2D eigenvalue weighted by Crippen LogP contribution is 2.47. The molecular formula is C29H41N5S. The van der Waals surface area contributed by atoms with Crippen LogP contribution in [0.25, 0.3) is 0 Å². The van der Waals surface area contributed by atoms with Gasteiger partial charge in [0.1, 0.15) is 5.54 Å². The average Bonchev–Trinajstić information content (AvgIpc) is 3.37. The first-order valence-electron chi connectivity index (χ1n) is 12.8. The van der Waals surface area contributed by atoms with Gasteiger partial charge in [0, 0.05) is 69.6 Å². The highest BCUT2D eigenvalue weighted by atomic mass is 32.2. The predicted molar refractivity (Wildman–Crippen MR) is 150 cm³/mol. The Morgan fingerprint density at radius 1 is 0.886 bits per heavy atom. The van der Waals surface area contributed by atoms with Gasteiger partial charge in [-0.15, -0.1) is 0 Å². The Balaban J connectivity index is 1.53. The third kappa shape index (κ3) is 4.94. The lowest BCUT2D eigenvalue weighted by Crippen LogP contribution is -2.34. The van der Waals surface area contributed by atoms with Gasteiger partial charge in [0.05, 0.1) is 11.1 Å². The van der Waals surface area contributed by atoms with Gasteiger partial charge < -0.3 is 5.32 Å². The zero-order valence-corrected chi connectivity index (χ0v) is 23.8. The van der Waals surface area contributed by atoms with Crippen LogP contribution in [0.15, 0.2) is 49.6 Å². The minimum Gasteiger partial charge on any atom is -0.361 e. The van der Waals surface area contributed by atoms with Crippen LogP contribution in [0.2, 0.25) is 0 Å².